The summed E-state index contributed by atoms with van der Waals surface area (Å²) in [5, 5.41) is 0. The Morgan fingerprint density at radius 2 is 1.95 bits per heavy atom. The molecule has 1 aromatic rings. The summed E-state index contributed by atoms with van der Waals surface area (Å²) >= 11 is 0. The average Bonchev–Trinajstić information content (AvgIpc) is 2.45. The Morgan fingerprint density at radius 1 is 1.33 bits per heavy atom. The topological polar surface area (TPSA) is 55.6 Å². The second-order valence-electron chi connectivity index (χ2n) is 6.09. The lowest BCUT2D eigenvalue weighted by atomic mass is 9.93. The largest absolute Gasteiger partial charge is 0.372 e. The van der Waals surface area contributed by atoms with Gasteiger partial charge in [-0.1, -0.05) is 37.3 Å². The van der Waals surface area contributed by atoms with E-state index in [1.54, 1.807) is 0 Å². The monoisotopic (exact) mass is 312 g/mol. The van der Waals surface area contributed by atoms with E-state index in [0.717, 1.165) is 5.56 Å². The third-order valence-corrected chi connectivity index (χ3v) is 3.85. The summed E-state index contributed by atoms with van der Waals surface area (Å²) in [6.07, 6.45) is 0. The van der Waals surface area contributed by atoms with Crippen molar-refractivity contribution < 1.29 is 9.53 Å². The molecule has 0 aromatic heterocycles. The predicted molar refractivity (Wildman–Crippen MR) is 86.4 cm³/mol. The molecular weight excluding hydrogens is 288 g/mol. The Hall–Kier alpha value is -1.10. The van der Waals surface area contributed by atoms with E-state index in [0.29, 0.717) is 19.7 Å². The molecule has 1 aliphatic rings. The quantitative estimate of drug-likeness (QED) is 0.932. The highest BCUT2D eigenvalue weighted by atomic mass is 35.5. The second-order valence-corrected chi connectivity index (χ2v) is 6.09. The number of morpholine rings is 1. The summed E-state index contributed by atoms with van der Waals surface area (Å²) in [7, 11) is 0. The predicted octanol–water partition coefficient (Wildman–Crippen LogP) is 2.38. The van der Waals surface area contributed by atoms with Gasteiger partial charge < -0.3 is 15.4 Å². The maximum Gasteiger partial charge on any atom is 0.227 e. The summed E-state index contributed by atoms with van der Waals surface area (Å²) in [5.74, 6) is -0.121. The molecule has 0 bridgehead atoms. The van der Waals surface area contributed by atoms with Gasteiger partial charge in [-0.15, -0.1) is 12.4 Å². The Kier molecular flexibility index (Phi) is 6.20. The highest BCUT2D eigenvalue weighted by molar-refractivity contribution is 5.85. The fraction of sp³-hybridized carbons (Fsp3) is 0.562. The number of carbonyl (C=O) groups excluding carboxylic acids is 1. The minimum Gasteiger partial charge on any atom is -0.372 e. The van der Waals surface area contributed by atoms with Gasteiger partial charge in [0.05, 0.1) is 18.1 Å². The molecule has 0 spiro atoms. The molecule has 2 atom stereocenters. The molecule has 1 aliphatic heterocycles. The molecule has 4 nitrogen and oxygen atoms in total. The maximum absolute atomic E-state index is 12.6. The smallest absolute Gasteiger partial charge is 0.227 e. The number of hydrogen-bond donors (Lipinski definition) is 1. The number of carbonyl (C=O) groups is 1. The van der Waals surface area contributed by atoms with Crippen molar-refractivity contribution >= 4 is 18.3 Å². The first-order valence-corrected chi connectivity index (χ1v) is 7.14. The van der Waals surface area contributed by atoms with E-state index in [1.165, 1.54) is 0 Å². The third kappa shape index (κ3) is 4.43. The van der Waals surface area contributed by atoms with Gasteiger partial charge in [0, 0.05) is 19.1 Å². The lowest BCUT2D eigenvalue weighted by Crippen LogP contribution is -2.52. The van der Waals surface area contributed by atoms with E-state index < -0.39 is 0 Å². The number of hydrogen-bond acceptors (Lipinski definition) is 3. The lowest BCUT2D eigenvalue weighted by Gasteiger charge is -2.39. The molecule has 1 saturated heterocycles. The van der Waals surface area contributed by atoms with Crippen LogP contribution in [0.15, 0.2) is 30.3 Å². The average molecular weight is 313 g/mol. The summed E-state index contributed by atoms with van der Waals surface area (Å²) in [6.45, 7) is 7.78. The standard InChI is InChI=1S/C16H24N2O2.ClH/c1-12(14(17)13-7-5-4-6-8-13)15(19)18-9-10-20-16(2,3)11-18;/h4-8,12,14H,9-11,17H2,1-3H3;1H. The van der Waals surface area contributed by atoms with Gasteiger partial charge in [-0.3, -0.25) is 4.79 Å². The van der Waals surface area contributed by atoms with Gasteiger partial charge >= 0.3 is 0 Å². The summed E-state index contributed by atoms with van der Waals surface area (Å²) in [5.41, 5.74) is 6.96. The number of rotatable bonds is 3. The molecule has 0 aliphatic carbocycles. The number of benzene rings is 1. The zero-order chi connectivity index (χ0) is 14.8. The molecule has 2 rings (SSSR count). The van der Waals surface area contributed by atoms with E-state index >= 15 is 0 Å². The van der Waals surface area contributed by atoms with E-state index in [-0.39, 0.29) is 35.9 Å². The third-order valence-electron chi connectivity index (χ3n) is 3.85. The normalized spacial score (nSPS) is 20.3. The molecule has 1 fully saturated rings. The van der Waals surface area contributed by atoms with Crippen molar-refractivity contribution in [3.63, 3.8) is 0 Å². The molecule has 2 unspecified atom stereocenters. The summed E-state index contributed by atoms with van der Waals surface area (Å²) in [4.78, 5) is 14.5. The second kappa shape index (κ2) is 7.25. The van der Waals surface area contributed by atoms with Gasteiger partial charge in [0.1, 0.15) is 0 Å². The molecule has 1 aromatic carbocycles. The molecular formula is C16H25ClN2O2. The van der Waals surface area contributed by atoms with Crippen LogP contribution in [0, 0.1) is 5.92 Å². The van der Waals surface area contributed by atoms with Crippen LogP contribution in [-0.2, 0) is 9.53 Å². The number of halogens is 1. The Morgan fingerprint density at radius 3 is 2.52 bits per heavy atom. The number of nitrogens with two attached hydrogens (primary N) is 1. The van der Waals surface area contributed by atoms with Crippen molar-refractivity contribution in [1.82, 2.24) is 4.90 Å². The summed E-state index contributed by atoms with van der Waals surface area (Å²) in [6, 6.07) is 9.52. The van der Waals surface area contributed by atoms with Crippen molar-refractivity contribution in [2.24, 2.45) is 11.7 Å². The zero-order valence-corrected chi connectivity index (χ0v) is 13.7. The van der Waals surface area contributed by atoms with Crippen LogP contribution in [0.25, 0.3) is 0 Å². The zero-order valence-electron chi connectivity index (χ0n) is 12.9. The molecule has 0 radical (unpaired) electrons. The number of nitrogens with zero attached hydrogens (tertiary/aromatic N) is 1. The maximum atomic E-state index is 12.6. The van der Waals surface area contributed by atoms with Crippen LogP contribution in [0.4, 0.5) is 0 Å². The van der Waals surface area contributed by atoms with Crippen LogP contribution < -0.4 is 5.73 Å². The van der Waals surface area contributed by atoms with Crippen molar-refractivity contribution in [1.29, 1.82) is 0 Å². The van der Waals surface area contributed by atoms with Crippen molar-refractivity contribution in [2.45, 2.75) is 32.4 Å². The van der Waals surface area contributed by atoms with Gasteiger partial charge in [-0.25, -0.2) is 0 Å². The molecule has 118 valence electrons. The Balaban J connectivity index is 0.00000220. The van der Waals surface area contributed by atoms with Crippen LogP contribution in [0.2, 0.25) is 0 Å². The SMILES string of the molecule is CC(C(=O)N1CCOC(C)(C)C1)C(N)c1ccccc1.Cl. The highest BCUT2D eigenvalue weighted by Gasteiger charge is 2.33. The van der Waals surface area contributed by atoms with Crippen LogP contribution in [0.5, 0.6) is 0 Å². The fourth-order valence-corrected chi connectivity index (χ4v) is 2.61. The van der Waals surface area contributed by atoms with Crippen LogP contribution in [0.1, 0.15) is 32.4 Å². The molecule has 0 saturated carbocycles. The van der Waals surface area contributed by atoms with E-state index in [1.807, 2.05) is 56.0 Å². The van der Waals surface area contributed by atoms with Crippen LogP contribution in [-0.4, -0.2) is 36.1 Å². The summed E-state index contributed by atoms with van der Waals surface area (Å²) < 4.78 is 5.65. The van der Waals surface area contributed by atoms with Crippen molar-refractivity contribution in [2.75, 3.05) is 19.7 Å². The van der Waals surface area contributed by atoms with Gasteiger partial charge in [-0.05, 0) is 19.4 Å². The Labute approximate surface area is 133 Å². The van der Waals surface area contributed by atoms with Gasteiger partial charge in [-0.2, -0.15) is 0 Å². The Bertz CT molecular complexity index is 465. The minimum absolute atomic E-state index is 0. The van der Waals surface area contributed by atoms with Gasteiger partial charge in [0.15, 0.2) is 0 Å². The first-order valence-electron chi connectivity index (χ1n) is 7.14. The lowest BCUT2D eigenvalue weighted by molar-refractivity contribution is -0.150. The molecule has 1 heterocycles. The van der Waals surface area contributed by atoms with Gasteiger partial charge in [0.25, 0.3) is 0 Å². The first kappa shape index (κ1) is 18.0. The number of ether oxygens (including phenoxy) is 1. The molecule has 21 heavy (non-hydrogen) atoms. The van der Waals surface area contributed by atoms with Crippen LogP contribution in [0.3, 0.4) is 0 Å². The number of amides is 1. The van der Waals surface area contributed by atoms with E-state index in [2.05, 4.69) is 0 Å². The van der Waals surface area contributed by atoms with E-state index in [4.69, 9.17) is 10.5 Å². The molecule has 1 amide bonds. The van der Waals surface area contributed by atoms with Crippen molar-refractivity contribution in [3.05, 3.63) is 35.9 Å². The van der Waals surface area contributed by atoms with Crippen molar-refractivity contribution in [3.8, 4) is 0 Å². The minimum atomic E-state index is -0.273. The molecule has 2 N–H and O–H groups in total. The van der Waals surface area contributed by atoms with Crippen LogP contribution >= 0.6 is 12.4 Å². The first-order chi connectivity index (χ1) is 9.41. The fourth-order valence-electron chi connectivity index (χ4n) is 2.61. The molecule has 5 heteroatoms. The van der Waals surface area contributed by atoms with Gasteiger partial charge in [0.2, 0.25) is 5.91 Å². The highest BCUT2D eigenvalue weighted by Crippen LogP contribution is 2.24. The van der Waals surface area contributed by atoms with E-state index in [9.17, 15) is 4.79 Å².